The predicted octanol–water partition coefficient (Wildman–Crippen LogP) is -0.885. The van der Waals surface area contributed by atoms with Crippen molar-refractivity contribution in [3.63, 3.8) is 0 Å². The molecule has 1 rings (SSSR count). The van der Waals surface area contributed by atoms with Gasteiger partial charge in [-0.05, 0) is 0 Å². The summed E-state index contributed by atoms with van der Waals surface area (Å²) in [5, 5.41) is 2.59. The van der Waals surface area contributed by atoms with Crippen molar-refractivity contribution in [2.75, 3.05) is 26.1 Å². The maximum atomic E-state index is 11.5. The molecule has 16 heavy (non-hydrogen) atoms. The number of hydrogen-bond donors (Lipinski definition) is 1. The highest BCUT2D eigenvalue weighted by Crippen LogP contribution is 2.10. The topological polar surface area (TPSA) is 75.7 Å². The minimum absolute atomic E-state index is 0.148. The van der Waals surface area contributed by atoms with Crippen molar-refractivity contribution in [1.29, 1.82) is 0 Å². The third kappa shape index (κ3) is 2.85. The van der Waals surface area contributed by atoms with Crippen LogP contribution in [0.1, 0.15) is 6.42 Å². The van der Waals surface area contributed by atoms with Gasteiger partial charge in [0.05, 0.1) is 13.5 Å². The van der Waals surface area contributed by atoms with E-state index in [1.54, 1.807) is 0 Å². The summed E-state index contributed by atoms with van der Waals surface area (Å²) in [6.45, 7) is 0.734. The number of nitrogens with zero attached hydrogens (tertiary/aromatic N) is 1. The van der Waals surface area contributed by atoms with Crippen LogP contribution in [0.25, 0.3) is 0 Å². The fourth-order valence-corrected chi connectivity index (χ4v) is 1.69. The van der Waals surface area contributed by atoms with Gasteiger partial charge in [-0.2, -0.15) is 0 Å². The second kappa shape index (κ2) is 5.69. The van der Waals surface area contributed by atoms with Gasteiger partial charge in [-0.15, -0.1) is 11.6 Å². The first-order chi connectivity index (χ1) is 7.60. The minimum Gasteiger partial charge on any atom is -0.469 e. The molecule has 0 saturated carbocycles. The number of carbonyl (C=O) groups excluding carboxylic acids is 3. The summed E-state index contributed by atoms with van der Waals surface area (Å²) in [6, 6.07) is -0.813. The van der Waals surface area contributed by atoms with Crippen LogP contribution >= 0.6 is 11.6 Å². The Kier molecular flexibility index (Phi) is 4.54. The largest absolute Gasteiger partial charge is 0.469 e. The van der Waals surface area contributed by atoms with Gasteiger partial charge in [0.15, 0.2) is 0 Å². The van der Waals surface area contributed by atoms with Gasteiger partial charge in [-0.3, -0.25) is 14.4 Å². The second-order valence-corrected chi connectivity index (χ2v) is 3.58. The molecule has 1 heterocycles. The van der Waals surface area contributed by atoms with Gasteiger partial charge in [0, 0.05) is 13.1 Å². The number of amides is 2. The van der Waals surface area contributed by atoms with E-state index in [0.717, 1.165) is 0 Å². The first-order valence-corrected chi connectivity index (χ1v) is 5.33. The van der Waals surface area contributed by atoms with Gasteiger partial charge >= 0.3 is 5.97 Å². The summed E-state index contributed by atoms with van der Waals surface area (Å²) >= 11 is 5.43. The number of halogens is 1. The fraction of sp³-hybridized carbons (Fsp3) is 0.667. The zero-order valence-corrected chi connectivity index (χ0v) is 9.62. The number of alkyl halides is 1. The van der Waals surface area contributed by atoms with Crippen LogP contribution in [0, 0.1) is 0 Å². The van der Waals surface area contributed by atoms with Crippen molar-refractivity contribution in [2.45, 2.75) is 12.5 Å². The number of piperazine rings is 1. The van der Waals surface area contributed by atoms with Crippen LogP contribution in [0.5, 0.6) is 0 Å². The average molecular weight is 249 g/mol. The highest BCUT2D eigenvalue weighted by atomic mass is 35.5. The Labute approximate surface area is 97.9 Å². The summed E-state index contributed by atoms with van der Waals surface area (Å²) in [7, 11) is 1.23. The van der Waals surface area contributed by atoms with Gasteiger partial charge in [-0.25, -0.2) is 0 Å². The van der Waals surface area contributed by atoms with E-state index in [1.807, 2.05) is 0 Å². The molecule has 0 bridgehead atoms. The quantitative estimate of drug-likeness (QED) is 0.520. The molecule has 90 valence electrons. The van der Waals surface area contributed by atoms with Crippen LogP contribution in [0.2, 0.25) is 0 Å². The molecule has 1 aliphatic rings. The summed E-state index contributed by atoms with van der Waals surface area (Å²) < 4.78 is 4.47. The monoisotopic (exact) mass is 248 g/mol. The third-order valence-electron chi connectivity index (χ3n) is 2.35. The molecule has 1 fully saturated rings. The number of ether oxygens (including phenoxy) is 1. The Morgan fingerprint density at radius 2 is 2.31 bits per heavy atom. The van der Waals surface area contributed by atoms with E-state index in [4.69, 9.17) is 11.6 Å². The Balaban J connectivity index is 2.75. The highest BCUT2D eigenvalue weighted by molar-refractivity contribution is 6.27. The first-order valence-electron chi connectivity index (χ1n) is 4.80. The summed E-state index contributed by atoms with van der Waals surface area (Å²) in [6.07, 6.45) is -0.148. The summed E-state index contributed by atoms with van der Waals surface area (Å²) in [5.74, 6) is -1.44. The van der Waals surface area contributed by atoms with Gasteiger partial charge in [0.25, 0.3) is 0 Å². The molecule has 1 aliphatic heterocycles. The number of methoxy groups -OCH3 is 1. The lowest BCUT2D eigenvalue weighted by Gasteiger charge is -2.34. The van der Waals surface area contributed by atoms with E-state index >= 15 is 0 Å². The van der Waals surface area contributed by atoms with E-state index < -0.39 is 12.0 Å². The van der Waals surface area contributed by atoms with E-state index in [9.17, 15) is 14.4 Å². The first kappa shape index (κ1) is 12.8. The molecule has 7 heteroatoms. The molecular weight excluding hydrogens is 236 g/mol. The van der Waals surface area contributed by atoms with Crippen LogP contribution in [0.4, 0.5) is 0 Å². The van der Waals surface area contributed by atoms with Crippen LogP contribution < -0.4 is 5.32 Å². The Hall–Kier alpha value is -1.30. The molecule has 0 aromatic heterocycles. The van der Waals surface area contributed by atoms with Crippen molar-refractivity contribution in [2.24, 2.45) is 0 Å². The van der Waals surface area contributed by atoms with E-state index in [2.05, 4.69) is 10.1 Å². The number of nitrogens with one attached hydrogen (secondary N) is 1. The normalized spacial score (nSPS) is 20.2. The molecule has 0 aromatic rings. The van der Waals surface area contributed by atoms with Gasteiger partial charge in [-0.1, -0.05) is 0 Å². The van der Waals surface area contributed by atoms with Gasteiger partial charge in [0.1, 0.15) is 11.9 Å². The molecule has 0 aliphatic carbocycles. The van der Waals surface area contributed by atoms with Crippen LogP contribution in [-0.2, 0) is 19.1 Å². The highest BCUT2D eigenvalue weighted by Gasteiger charge is 2.34. The molecule has 0 spiro atoms. The molecule has 6 nitrogen and oxygen atoms in total. The Bertz CT molecular complexity index is 308. The average Bonchev–Trinajstić information content (AvgIpc) is 2.30. The molecular formula is C9H13ClN2O4. The van der Waals surface area contributed by atoms with Crippen molar-refractivity contribution < 1.29 is 19.1 Å². The van der Waals surface area contributed by atoms with Crippen LogP contribution in [0.3, 0.4) is 0 Å². The lowest BCUT2D eigenvalue weighted by molar-refractivity contribution is -0.149. The number of esters is 1. The third-order valence-corrected chi connectivity index (χ3v) is 2.58. The number of carbonyl (C=O) groups is 3. The molecule has 2 amide bonds. The number of hydrogen-bond acceptors (Lipinski definition) is 4. The SMILES string of the molecule is COC(=O)CC1C(=O)NCCN1C(=O)CCl. The molecule has 1 unspecified atom stereocenters. The second-order valence-electron chi connectivity index (χ2n) is 3.31. The van der Waals surface area contributed by atoms with Gasteiger partial charge in [0.2, 0.25) is 11.8 Å². The van der Waals surface area contributed by atoms with Crippen molar-refractivity contribution in [3.8, 4) is 0 Å². The Morgan fingerprint density at radius 1 is 1.62 bits per heavy atom. The van der Waals surface area contributed by atoms with Crippen LogP contribution in [0.15, 0.2) is 0 Å². The molecule has 1 saturated heterocycles. The van der Waals surface area contributed by atoms with E-state index in [-0.39, 0.29) is 24.1 Å². The fourth-order valence-electron chi connectivity index (χ4n) is 1.53. The predicted molar refractivity (Wildman–Crippen MR) is 55.9 cm³/mol. The minimum atomic E-state index is -0.813. The smallest absolute Gasteiger partial charge is 0.308 e. The Morgan fingerprint density at radius 3 is 2.88 bits per heavy atom. The van der Waals surface area contributed by atoms with Crippen molar-refractivity contribution in [3.05, 3.63) is 0 Å². The lowest BCUT2D eigenvalue weighted by Crippen LogP contribution is -2.58. The van der Waals surface area contributed by atoms with Gasteiger partial charge < -0.3 is 15.0 Å². The maximum absolute atomic E-state index is 11.5. The van der Waals surface area contributed by atoms with E-state index in [1.165, 1.54) is 12.0 Å². The van der Waals surface area contributed by atoms with Crippen molar-refractivity contribution in [1.82, 2.24) is 10.2 Å². The molecule has 0 radical (unpaired) electrons. The molecule has 1 atom stereocenters. The van der Waals surface area contributed by atoms with Crippen molar-refractivity contribution >= 4 is 29.4 Å². The van der Waals surface area contributed by atoms with Crippen LogP contribution in [-0.4, -0.2) is 54.8 Å². The standard InChI is InChI=1S/C9H13ClN2O4/c1-16-8(14)4-6-9(15)11-2-3-12(6)7(13)5-10/h6H,2-5H2,1H3,(H,11,15). The zero-order chi connectivity index (χ0) is 12.1. The molecule has 1 N–H and O–H groups in total. The zero-order valence-electron chi connectivity index (χ0n) is 8.86. The maximum Gasteiger partial charge on any atom is 0.308 e. The summed E-state index contributed by atoms with van der Waals surface area (Å²) in [5.41, 5.74) is 0. The lowest BCUT2D eigenvalue weighted by atomic mass is 10.1. The summed E-state index contributed by atoms with van der Waals surface area (Å²) in [4.78, 5) is 35.4. The number of rotatable bonds is 3. The van der Waals surface area contributed by atoms with E-state index in [0.29, 0.717) is 13.1 Å². The molecule has 0 aromatic carbocycles.